The van der Waals surface area contributed by atoms with Crippen LogP contribution in [0.4, 0.5) is 5.95 Å². The van der Waals surface area contributed by atoms with Gasteiger partial charge in [-0.25, -0.2) is 9.97 Å². The van der Waals surface area contributed by atoms with Gasteiger partial charge in [0.2, 0.25) is 11.9 Å². The van der Waals surface area contributed by atoms with Gasteiger partial charge in [0.1, 0.15) is 6.04 Å². The molecule has 0 saturated heterocycles. The van der Waals surface area contributed by atoms with Crippen LogP contribution in [0.5, 0.6) is 0 Å². The minimum Gasteiger partial charge on any atom is -0.368 e. The summed E-state index contributed by atoms with van der Waals surface area (Å²) in [6.07, 6.45) is 3.96. The molecule has 6 heteroatoms. The van der Waals surface area contributed by atoms with E-state index in [9.17, 15) is 4.79 Å². The third-order valence-corrected chi connectivity index (χ3v) is 2.23. The quantitative estimate of drug-likeness (QED) is 0.805. The number of rotatable bonds is 4. The second-order valence-electron chi connectivity index (χ2n) is 2.73. The van der Waals surface area contributed by atoms with Gasteiger partial charge < -0.3 is 11.1 Å². The standard InChI is InChI=1S/C8H11IN4O/c1-2-6(7(10)14)13-8-11-3-5(9)4-12-8/h3-4,6H,2H2,1H3,(H2,10,14)(H,11,12,13). The minimum absolute atomic E-state index is 0.394. The molecular weight excluding hydrogens is 295 g/mol. The molecule has 5 nitrogen and oxygen atoms in total. The average Bonchev–Trinajstić information content (AvgIpc) is 2.16. The first-order chi connectivity index (χ1) is 6.63. The van der Waals surface area contributed by atoms with Gasteiger partial charge in [-0.2, -0.15) is 0 Å². The lowest BCUT2D eigenvalue weighted by Gasteiger charge is -2.12. The number of anilines is 1. The number of nitrogens with one attached hydrogen (secondary N) is 1. The van der Waals surface area contributed by atoms with Gasteiger partial charge >= 0.3 is 0 Å². The molecule has 3 N–H and O–H groups in total. The summed E-state index contributed by atoms with van der Waals surface area (Å²) in [6.45, 7) is 1.87. The first-order valence-corrected chi connectivity index (χ1v) is 5.24. The van der Waals surface area contributed by atoms with Crippen LogP contribution in [0.2, 0.25) is 0 Å². The van der Waals surface area contributed by atoms with E-state index in [1.807, 2.05) is 6.92 Å². The van der Waals surface area contributed by atoms with Crippen LogP contribution < -0.4 is 11.1 Å². The number of hydrogen-bond donors (Lipinski definition) is 2. The van der Waals surface area contributed by atoms with Crippen LogP contribution in [0.25, 0.3) is 0 Å². The molecule has 0 spiro atoms. The summed E-state index contributed by atoms with van der Waals surface area (Å²) >= 11 is 2.11. The summed E-state index contributed by atoms with van der Waals surface area (Å²) in [4.78, 5) is 18.9. The molecule has 0 aliphatic rings. The Morgan fingerprint density at radius 2 is 2.21 bits per heavy atom. The Bertz CT molecular complexity index is 314. The molecule has 1 heterocycles. The molecule has 0 aliphatic carbocycles. The van der Waals surface area contributed by atoms with Crippen LogP contribution in [-0.4, -0.2) is 21.9 Å². The molecule has 0 radical (unpaired) electrons. The normalized spacial score (nSPS) is 12.1. The van der Waals surface area contributed by atoms with E-state index in [-0.39, 0.29) is 0 Å². The Morgan fingerprint density at radius 1 is 1.64 bits per heavy atom. The zero-order valence-corrected chi connectivity index (χ0v) is 9.85. The van der Waals surface area contributed by atoms with Gasteiger partial charge in [-0.3, -0.25) is 4.79 Å². The summed E-state index contributed by atoms with van der Waals surface area (Å²) in [6, 6.07) is -0.407. The SMILES string of the molecule is CCC(Nc1ncc(I)cn1)C(N)=O. The smallest absolute Gasteiger partial charge is 0.239 e. The molecule has 1 aromatic heterocycles. The molecule has 0 fully saturated rings. The van der Waals surface area contributed by atoms with Crippen LogP contribution in [-0.2, 0) is 4.79 Å². The molecule has 0 aromatic carbocycles. The Kier molecular flexibility index (Phi) is 4.05. The van der Waals surface area contributed by atoms with E-state index in [0.29, 0.717) is 12.4 Å². The van der Waals surface area contributed by atoms with E-state index in [4.69, 9.17) is 5.73 Å². The van der Waals surface area contributed by atoms with Gasteiger partial charge in [-0.1, -0.05) is 6.92 Å². The molecule has 0 saturated carbocycles. The molecule has 1 rings (SSSR count). The molecule has 0 bridgehead atoms. The monoisotopic (exact) mass is 306 g/mol. The lowest BCUT2D eigenvalue weighted by atomic mass is 10.2. The van der Waals surface area contributed by atoms with E-state index in [2.05, 4.69) is 37.9 Å². The van der Waals surface area contributed by atoms with E-state index in [1.54, 1.807) is 12.4 Å². The lowest BCUT2D eigenvalue weighted by molar-refractivity contribution is -0.118. The average molecular weight is 306 g/mol. The Morgan fingerprint density at radius 3 is 2.64 bits per heavy atom. The Labute approximate surface area is 95.6 Å². The van der Waals surface area contributed by atoms with Gasteiger partial charge in [0.25, 0.3) is 0 Å². The summed E-state index contributed by atoms with van der Waals surface area (Å²) < 4.78 is 0.945. The maximum absolute atomic E-state index is 10.9. The number of amides is 1. The fourth-order valence-electron chi connectivity index (χ4n) is 0.917. The van der Waals surface area contributed by atoms with E-state index >= 15 is 0 Å². The second-order valence-corrected chi connectivity index (χ2v) is 3.98. The van der Waals surface area contributed by atoms with Crippen LogP contribution in [0.1, 0.15) is 13.3 Å². The van der Waals surface area contributed by atoms with Gasteiger partial charge in [-0.15, -0.1) is 0 Å². The van der Waals surface area contributed by atoms with Crippen molar-refractivity contribution in [3.63, 3.8) is 0 Å². The summed E-state index contributed by atoms with van der Waals surface area (Å²) in [5.74, 6) is 0.0331. The van der Waals surface area contributed by atoms with Crippen molar-refractivity contribution >= 4 is 34.4 Å². The van der Waals surface area contributed by atoms with E-state index < -0.39 is 11.9 Å². The molecule has 14 heavy (non-hydrogen) atoms. The number of primary amides is 1. The van der Waals surface area contributed by atoms with E-state index in [1.165, 1.54) is 0 Å². The zero-order valence-electron chi connectivity index (χ0n) is 7.70. The van der Waals surface area contributed by atoms with Crippen molar-refractivity contribution in [1.82, 2.24) is 9.97 Å². The zero-order chi connectivity index (χ0) is 10.6. The summed E-state index contributed by atoms with van der Waals surface area (Å²) in [5, 5.41) is 2.86. The number of nitrogens with zero attached hydrogens (tertiary/aromatic N) is 2. The van der Waals surface area contributed by atoms with E-state index in [0.717, 1.165) is 3.57 Å². The molecule has 0 aliphatic heterocycles. The Hall–Kier alpha value is -0.920. The summed E-state index contributed by atoms with van der Waals surface area (Å²) in [7, 11) is 0. The first kappa shape index (κ1) is 11.2. The van der Waals surface area contributed by atoms with Crippen LogP contribution in [0.3, 0.4) is 0 Å². The number of carbonyl (C=O) groups excluding carboxylic acids is 1. The molecular formula is C8H11IN4O. The van der Waals surface area contributed by atoms with Crippen LogP contribution in [0.15, 0.2) is 12.4 Å². The number of hydrogen-bond acceptors (Lipinski definition) is 4. The van der Waals surface area contributed by atoms with Crippen molar-refractivity contribution in [2.75, 3.05) is 5.32 Å². The topological polar surface area (TPSA) is 80.9 Å². The predicted octanol–water partition coefficient (Wildman–Crippen LogP) is 0.757. The molecule has 1 aromatic rings. The largest absolute Gasteiger partial charge is 0.368 e. The van der Waals surface area contributed by atoms with Crippen molar-refractivity contribution in [2.24, 2.45) is 5.73 Å². The highest BCUT2D eigenvalue weighted by atomic mass is 127. The minimum atomic E-state index is -0.407. The van der Waals surface area contributed by atoms with Crippen molar-refractivity contribution in [3.8, 4) is 0 Å². The highest BCUT2D eigenvalue weighted by Crippen LogP contribution is 2.05. The molecule has 1 atom stereocenters. The lowest BCUT2D eigenvalue weighted by Crippen LogP contribution is -2.35. The number of nitrogens with two attached hydrogens (primary N) is 1. The highest BCUT2D eigenvalue weighted by molar-refractivity contribution is 14.1. The number of aromatic nitrogens is 2. The van der Waals surface area contributed by atoms with Gasteiger partial charge in [0.05, 0.1) is 0 Å². The van der Waals surface area contributed by atoms with Crippen LogP contribution >= 0.6 is 22.6 Å². The Balaban J connectivity index is 2.67. The second kappa shape index (κ2) is 5.08. The molecule has 1 amide bonds. The number of carbonyl (C=O) groups is 1. The molecule has 1 unspecified atom stereocenters. The van der Waals surface area contributed by atoms with Crippen molar-refractivity contribution in [1.29, 1.82) is 0 Å². The third-order valence-electron chi connectivity index (χ3n) is 1.68. The van der Waals surface area contributed by atoms with Crippen molar-refractivity contribution < 1.29 is 4.79 Å². The maximum Gasteiger partial charge on any atom is 0.239 e. The highest BCUT2D eigenvalue weighted by Gasteiger charge is 2.12. The van der Waals surface area contributed by atoms with Crippen molar-refractivity contribution in [3.05, 3.63) is 16.0 Å². The third kappa shape index (κ3) is 3.09. The van der Waals surface area contributed by atoms with Gasteiger partial charge in [-0.05, 0) is 29.0 Å². The first-order valence-electron chi connectivity index (χ1n) is 4.17. The maximum atomic E-state index is 10.9. The fourth-order valence-corrected chi connectivity index (χ4v) is 1.20. The summed E-state index contributed by atoms with van der Waals surface area (Å²) in [5.41, 5.74) is 5.17. The van der Waals surface area contributed by atoms with Gasteiger partial charge in [0, 0.05) is 16.0 Å². The molecule has 76 valence electrons. The van der Waals surface area contributed by atoms with Crippen LogP contribution in [0, 0.1) is 3.57 Å². The number of halogens is 1. The van der Waals surface area contributed by atoms with Crippen molar-refractivity contribution in [2.45, 2.75) is 19.4 Å². The predicted molar refractivity (Wildman–Crippen MR) is 61.6 cm³/mol. The van der Waals surface area contributed by atoms with Gasteiger partial charge in [0.15, 0.2) is 0 Å². The fraction of sp³-hybridized carbons (Fsp3) is 0.375.